The molecule has 0 aromatic heterocycles. The summed E-state index contributed by atoms with van der Waals surface area (Å²) in [6.07, 6.45) is 5.22. The summed E-state index contributed by atoms with van der Waals surface area (Å²) in [6, 6.07) is 10.3. The summed E-state index contributed by atoms with van der Waals surface area (Å²) in [5.41, 5.74) is 2.45. The van der Waals surface area contributed by atoms with Gasteiger partial charge in [0, 0.05) is 0 Å². The lowest BCUT2D eigenvalue weighted by Crippen LogP contribution is -1.70. The highest BCUT2D eigenvalue weighted by atomic mass is 13.9. The monoisotopic (exact) mass is 158 g/mol. The van der Waals surface area contributed by atoms with Crippen LogP contribution in [0.2, 0.25) is 0 Å². The number of benzene rings is 1. The van der Waals surface area contributed by atoms with Crippen LogP contribution in [0.3, 0.4) is 0 Å². The first-order valence-corrected chi connectivity index (χ1v) is 4.15. The maximum absolute atomic E-state index is 3.84. The Morgan fingerprint density at radius 2 is 2.00 bits per heavy atom. The fourth-order valence-corrected chi connectivity index (χ4v) is 0.960. The second-order valence-electron chi connectivity index (χ2n) is 2.97. The van der Waals surface area contributed by atoms with Crippen LogP contribution in [-0.4, -0.2) is 0 Å². The first kappa shape index (κ1) is 8.79. The topological polar surface area (TPSA) is 0 Å². The van der Waals surface area contributed by atoms with Crippen molar-refractivity contribution < 1.29 is 0 Å². The minimum Gasteiger partial charge on any atom is -0.0998 e. The molecule has 0 N–H and O–H groups in total. The standard InChI is InChI=1S/C12H14/c1-11(2)7-6-10-12-8-4-3-5-9-12/h3-6,8-10H,1,7H2,2H3/b10-6+. The van der Waals surface area contributed by atoms with Crippen molar-refractivity contribution in [3.05, 3.63) is 54.1 Å². The average molecular weight is 158 g/mol. The largest absolute Gasteiger partial charge is 0.0998 e. The molecule has 0 aliphatic heterocycles. The molecule has 12 heavy (non-hydrogen) atoms. The molecule has 0 saturated heterocycles. The molecule has 0 heteroatoms. The van der Waals surface area contributed by atoms with Crippen LogP contribution in [0.5, 0.6) is 0 Å². The summed E-state index contributed by atoms with van der Waals surface area (Å²) in [4.78, 5) is 0. The van der Waals surface area contributed by atoms with Gasteiger partial charge in [0.15, 0.2) is 0 Å². The third kappa shape index (κ3) is 3.20. The van der Waals surface area contributed by atoms with Crippen LogP contribution in [-0.2, 0) is 0 Å². The van der Waals surface area contributed by atoms with Crippen LogP contribution in [0.4, 0.5) is 0 Å². The molecule has 0 aliphatic carbocycles. The Bertz CT molecular complexity index is 267. The summed E-state index contributed by atoms with van der Waals surface area (Å²) < 4.78 is 0. The second kappa shape index (κ2) is 4.55. The van der Waals surface area contributed by atoms with Crippen molar-refractivity contribution in [2.24, 2.45) is 0 Å². The van der Waals surface area contributed by atoms with E-state index in [4.69, 9.17) is 0 Å². The Hall–Kier alpha value is -1.30. The summed E-state index contributed by atoms with van der Waals surface area (Å²) in [5, 5.41) is 0. The first-order chi connectivity index (χ1) is 5.79. The van der Waals surface area contributed by atoms with Gasteiger partial charge in [-0.05, 0) is 18.9 Å². The van der Waals surface area contributed by atoms with Crippen molar-refractivity contribution in [1.82, 2.24) is 0 Å². The molecule has 0 saturated carbocycles. The Morgan fingerprint density at radius 1 is 1.33 bits per heavy atom. The minimum atomic E-state index is 0.967. The molecule has 1 rings (SSSR count). The molecule has 0 unspecified atom stereocenters. The lowest BCUT2D eigenvalue weighted by molar-refractivity contribution is 1.23. The molecule has 1 aromatic rings. The highest BCUT2D eigenvalue weighted by molar-refractivity contribution is 5.48. The molecule has 0 aliphatic rings. The summed E-state index contributed by atoms with van der Waals surface area (Å²) in [7, 11) is 0. The molecule has 0 atom stereocenters. The third-order valence-corrected chi connectivity index (χ3v) is 1.58. The third-order valence-electron chi connectivity index (χ3n) is 1.58. The molecule has 0 heterocycles. The van der Waals surface area contributed by atoms with Gasteiger partial charge >= 0.3 is 0 Å². The van der Waals surface area contributed by atoms with Gasteiger partial charge in [0.25, 0.3) is 0 Å². The Kier molecular flexibility index (Phi) is 3.34. The Morgan fingerprint density at radius 3 is 2.58 bits per heavy atom. The van der Waals surface area contributed by atoms with Crippen LogP contribution in [0.15, 0.2) is 48.6 Å². The minimum absolute atomic E-state index is 0.967. The zero-order chi connectivity index (χ0) is 8.81. The predicted octanol–water partition coefficient (Wildman–Crippen LogP) is 3.67. The van der Waals surface area contributed by atoms with E-state index in [1.165, 1.54) is 11.1 Å². The van der Waals surface area contributed by atoms with Crippen molar-refractivity contribution in [3.63, 3.8) is 0 Å². The van der Waals surface area contributed by atoms with Crippen LogP contribution >= 0.6 is 0 Å². The first-order valence-electron chi connectivity index (χ1n) is 4.15. The lowest BCUT2D eigenvalue weighted by Gasteiger charge is -1.91. The summed E-state index contributed by atoms with van der Waals surface area (Å²) >= 11 is 0. The van der Waals surface area contributed by atoms with E-state index in [0.717, 1.165) is 6.42 Å². The predicted molar refractivity (Wildman–Crippen MR) is 54.9 cm³/mol. The van der Waals surface area contributed by atoms with Crippen LogP contribution < -0.4 is 0 Å². The normalized spacial score (nSPS) is 10.4. The van der Waals surface area contributed by atoms with E-state index in [2.05, 4.69) is 30.9 Å². The molecule has 62 valence electrons. The van der Waals surface area contributed by atoms with Gasteiger partial charge in [-0.15, -0.1) is 0 Å². The summed E-state index contributed by atoms with van der Waals surface area (Å²) in [6.45, 7) is 5.87. The molecule has 0 radical (unpaired) electrons. The fraction of sp³-hybridized carbons (Fsp3) is 0.167. The van der Waals surface area contributed by atoms with E-state index >= 15 is 0 Å². The number of allylic oxidation sites excluding steroid dienone is 2. The van der Waals surface area contributed by atoms with Gasteiger partial charge in [0.05, 0.1) is 0 Å². The molecule has 0 fully saturated rings. The molecular weight excluding hydrogens is 144 g/mol. The maximum Gasteiger partial charge on any atom is -0.0141 e. The number of rotatable bonds is 3. The summed E-state index contributed by atoms with van der Waals surface area (Å²) in [5.74, 6) is 0. The Balaban J connectivity index is 2.52. The van der Waals surface area contributed by atoms with Gasteiger partial charge in [0.1, 0.15) is 0 Å². The number of hydrogen-bond donors (Lipinski definition) is 0. The molecule has 0 amide bonds. The van der Waals surface area contributed by atoms with E-state index in [1.54, 1.807) is 0 Å². The van der Waals surface area contributed by atoms with Crippen LogP contribution in [0, 0.1) is 0 Å². The van der Waals surface area contributed by atoms with Gasteiger partial charge in [-0.3, -0.25) is 0 Å². The van der Waals surface area contributed by atoms with Crippen molar-refractivity contribution in [3.8, 4) is 0 Å². The van der Waals surface area contributed by atoms with E-state index in [9.17, 15) is 0 Å². The highest BCUT2D eigenvalue weighted by Gasteiger charge is 1.82. The lowest BCUT2D eigenvalue weighted by atomic mass is 10.1. The molecular formula is C12H14. The molecule has 0 spiro atoms. The van der Waals surface area contributed by atoms with Crippen LogP contribution in [0.1, 0.15) is 18.9 Å². The van der Waals surface area contributed by atoms with Gasteiger partial charge in [-0.25, -0.2) is 0 Å². The quantitative estimate of drug-likeness (QED) is 0.589. The van der Waals surface area contributed by atoms with E-state index in [-0.39, 0.29) is 0 Å². The van der Waals surface area contributed by atoms with Gasteiger partial charge in [-0.1, -0.05) is 54.6 Å². The average Bonchev–Trinajstić information content (AvgIpc) is 2.05. The number of hydrogen-bond acceptors (Lipinski definition) is 0. The smallest absolute Gasteiger partial charge is 0.0141 e. The van der Waals surface area contributed by atoms with E-state index in [0.29, 0.717) is 0 Å². The fourth-order valence-electron chi connectivity index (χ4n) is 0.960. The van der Waals surface area contributed by atoms with Crippen molar-refractivity contribution in [2.45, 2.75) is 13.3 Å². The van der Waals surface area contributed by atoms with Gasteiger partial charge in [-0.2, -0.15) is 0 Å². The van der Waals surface area contributed by atoms with Gasteiger partial charge < -0.3 is 0 Å². The van der Waals surface area contributed by atoms with Crippen molar-refractivity contribution in [2.75, 3.05) is 0 Å². The van der Waals surface area contributed by atoms with Gasteiger partial charge in [0.2, 0.25) is 0 Å². The van der Waals surface area contributed by atoms with Crippen LogP contribution in [0.25, 0.3) is 6.08 Å². The van der Waals surface area contributed by atoms with E-state index < -0.39 is 0 Å². The zero-order valence-corrected chi connectivity index (χ0v) is 7.46. The maximum atomic E-state index is 3.84. The second-order valence-corrected chi connectivity index (χ2v) is 2.97. The van der Waals surface area contributed by atoms with E-state index in [1.807, 2.05) is 25.1 Å². The van der Waals surface area contributed by atoms with Crippen molar-refractivity contribution >= 4 is 6.08 Å². The molecule has 0 bridgehead atoms. The SMILES string of the molecule is C=C(C)C/C=C/c1ccccc1. The highest BCUT2D eigenvalue weighted by Crippen LogP contribution is 2.04. The molecule has 1 aromatic carbocycles. The zero-order valence-electron chi connectivity index (χ0n) is 7.46. The Labute approximate surface area is 74.2 Å². The van der Waals surface area contributed by atoms with Crippen molar-refractivity contribution in [1.29, 1.82) is 0 Å². The molecule has 0 nitrogen and oxygen atoms in total.